The topological polar surface area (TPSA) is 58.6 Å². The second kappa shape index (κ2) is 7.14. The van der Waals surface area contributed by atoms with Gasteiger partial charge in [0, 0.05) is 37.3 Å². The predicted octanol–water partition coefficient (Wildman–Crippen LogP) is 1.28. The first kappa shape index (κ1) is 17.3. The van der Waals surface area contributed by atoms with E-state index in [4.69, 9.17) is 4.74 Å². The first-order valence-corrected chi connectivity index (χ1v) is 8.74. The molecule has 0 aliphatic carbocycles. The van der Waals surface area contributed by atoms with Gasteiger partial charge in [0.05, 0.1) is 13.2 Å². The molecule has 1 aromatic rings. The molecule has 0 bridgehead atoms. The number of halogens is 3. The van der Waals surface area contributed by atoms with Crippen LogP contribution in [0, 0.1) is 0 Å². The fourth-order valence-electron chi connectivity index (χ4n) is 2.63. The van der Waals surface area contributed by atoms with Gasteiger partial charge < -0.3 is 14.5 Å². The Morgan fingerprint density at radius 3 is 2.75 bits per heavy atom. The van der Waals surface area contributed by atoms with Crippen molar-refractivity contribution in [2.24, 2.45) is 0 Å². The number of hydrogen-bond acceptors (Lipinski definition) is 6. The first-order chi connectivity index (χ1) is 11.4. The van der Waals surface area contributed by atoms with Gasteiger partial charge in [0.1, 0.15) is 5.69 Å². The Morgan fingerprint density at radius 2 is 2.04 bits per heavy atom. The molecule has 0 saturated carbocycles. The fourth-order valence-corrected chi connectivity index (χ4v) is 3.53. The number of thioether (sulfide) groups is 1. The van der Waals surface area contributed by atoms with Crippen molar-refractivity contribution in [1.82, 2.24) is 14.9 Å². The van der Waals surface area contributed by atoms with Crippen LogP contribution in [-0.2, 0) is 15.7 Å². The van der Waals surface area contributed by atoms with Gasteiger partial charge in [0.25, 0.3) is 5.91 Å². The maximum Gasteiger partial charge on any atom is 0.433 e. The molecule has 0 radical (unpaired) electrons. The van der Waals surface area contributed by atoms with Crippen LogP contribution >= 0.6 is 11.8 Å². The number of carbonyl (C=O) groups is 1. The highest BCUT2D eigenvalue weighted by Gasteiger charge is 2.35. The number of hydrogen-bond donors (Lipinski definition) is 0. The molecular weight excluding hydrogens is 345 g/mol. The summed E-state index contributed by atoms with van der Waals surface area (Å²) in [5.41, 5.74) is -0.991. The van der Waals surface area contributed by atoms with Crippen molar-refractivity contribution in [2.45, 2.75) is 12.3 Å². The zero-order valence-corrected chi connectivity index (χ0v) is 13.6. The number of amides is 1. The zero-order chi connectivity index (χ0) is 17.2. The molecule has 10 heteroatoms. The highest BCUT2D eigenvalue weighted by molar-refractivity contribution is 7.99. The number of alkyl halides is 3. The van der Waals surface area contributed by atoms with E-state index in [-0.39, 0.29) is 25.0 Å². The maximum atomic E-state index is 12.8. The van der Waals surface area contributed by atoms with E-state index >= 15 is 0 Å². The molecule has 2 saturated heterocycles. The minimum atomic E-state index is -4.52. The van der Waals surface area contributed by atoms with Crippen LogP contribution in [-0.4, -0.2) is 71.2 Å². The van der Waals surface area contributed by atoms with Crippen LogP contribution in [0.4, 0.5) is 19.1 Å². The normalized spacial score (nSPS) is 22.5. The minimum Gasteiger partial charge on any atom is -0.365 e. The van der Waals surface area contributed by atoms with Crippen molar-refractivity contribution >= 4 is 23.6 Å². The Bertz CT molecular complexity index is 596. The van der Waals surface area contributed by atoms with E-state index in [0.717, 1.165) is 23.8 Å². The van der Waals surface area contributed by atoms with Crippen LogP contribution in [0.2, 0.25) is 0 Å². The van der Waals surface area contributed by atoms with Gasteiger partial charge in [-0.1, -0.05) is 0 Å². The minimum absolute atomic E-state index is 0.0277. The average molecular weight is 362 g/mol. The summed E-state index contributed by atoms with van der Waals surface area (Å²) in [5.74, 6) is 1.63. The van der Waals surface area contributed by atoms with E-state index in [1.54, 1.807) is 21.6 Å². The largest absolute Gasteiger partial charge is 0.433 e. The second-order valence-corrected chi connectivity index (χ2v) is 6.71. The number of ether oxygens (including phenoxy) is 1. The van der Waals surface area contributed by atoms with Crippen LogP contribution in [0.1, 0.15) is 5.69 Å². The molecule has 0 N–H and O–H groups in total. The Hall–Kier alpha value is -1.55. The summed E-state index contributed by atoms with van der Waals surface area (Å²) < 4.78 is 43.9. The number of anilines is 1. The summed E-state index contributed by atoms with van der Waals surface area (Å²) in [6.45, 7) is 2.09. The van der Waals surface area contributed by atoms with Gasteiger partial charge in [-0.15, -0.1) is 0 Å². The van der Waals surface area contributed by atoms with Crippen LogP contribution in [0.3, 0.4) is 0 Å². The van der Waals surface area contributed by atoms with Gasteiger partial charge in [-0.25, -0.2) is 9.97 Å². The highest BCUT2D eigenvalue weighted by Crippen LogP contribution is 2.28. The number of rotatable bonds is 2. The summed E-state index contributed by atoms with van der Waals surface area (Å²) in [6.07, 6.45) is -4.13. The number of aromatic nitrogens is 2. The van der Waals surface area contributed by atoms with E-state index in [9.17, 15) is 18.0 Å². The molecule has 2 aliphatic rings. The lowest BCUT2D eigenvalue weighted by molar-refractivity contribution is -0.144. The molecule has 1 unspecified atom stereocenters. The quantitative estimate of drug-likeness (QED) is 0.790. The molecule has 2 fully saturated rings. The third-order valence-electron chi connectivity index (χ3n) is 3.88. The zero-order valence-electron chi connectivity index (χ0n) is 12.8. The maximum absolute atomic E-state index is 12.8. The van der Waals surface area contributed by atoms with Crippen molar-refractivity contribution in [3.8, 4) is 0 Å². The van der Waals surface area contributed by atoms with E-state index in [1.165, 1.54) is 0 Å². The van der Waals surface area contributed by atoms with E-state index in [2.05, 4.69) is 9.97 Å². The van der Waals surface area contributed by atoms with Gasteiger partial charge in [0.15, 0.2) is 6.10 Å². The van der Waals surface area contributed by atoms with Gasteiger partial charge in [-0.3, -0.25) is 4.79 Å². The third-order valence-corrected chi connectivity index (χ3v) is 4.82. The Labute approximate surface area is 141 Å². The number of carbonyl (C=O) groups excluding carboxylic acids is 1. The van der Waals surface area contributed by atoms with Gasteiger partial charge in [0.2, 0.25) is 5.95 Å². The fraction of sp³-hybridized carbons (Fsp3) is 0.643. The first-order valence-electron chi connectivity index (χ1n) is 7.58. The summed E-state index contributed by atoms with van der Waals surface area (Å²) in [7, 11) is 0. The second-order valence-electron chi connectivity index (χ2n) is 5.48. The molecule has 6 nitrogen and oxygen atoms in total. The monoisotopic (exact) mass is 362 g/mol. The molecule has 0 aromatic carbocycles. The predicted molar refractivity (Wildman–Crippen MR) is 82.9 cm³/mol. The summed E-state index contributed by atoms with van der Waals surface area (Å²) in [6, 6.07) is 0.831. The average Bonchev–Trinajstić information content (AvgIpc) is 2.61. The van der Waals surface area contributed by atoms with Gasteiger partial charge >= 0.3 is 6.18 Å². The van der Waals surface area contributed by atoms with Crippen LogP contribution in [0.15, 0.2) is 12.3 Å². The Kier molecular flexibility index (Phi) is 5.14. The molecule has 1 aromatic heterocycles. The highest BCUT2D eigenvalue weighted by atomic mass is 32.2. The number of morpholine rings is 1. The van der Waals surface area contributed by atoms with Gasteiger partial charge in [-0.05, 0) is 6.07 Å². The SMILES string of the molecule is O=C(C1CN(c2nccc(C(F)(F)F)n2)CCO1)N1CCSCC1. The molecule has 1 atom stereocenters. The van der Waals surface area contributed by atoms with Gasteiger partial charge in [-0.2, -0.15) is 24.9 Å². The van der Waals surface area contributed by atoms with E-state index in [0.29, 0.717) is 19.6 Å². The molecular formula is C14H17F3N4O2S. The molecule has 24 heavy (non-hydrogen) atoms. The molecule has 3 heterocycles. The molecule has 1 amide bonds. The lowest BCUT2D eigenvalue weighted by Crippen LogP contribution is -2.53. The molecule has 2 aliphatic heterocycles. The molecule has 0 spiro atoms. The van der Waals surface area contributed by atoms with Crippen molar-refractivity contribution in [3.05, 3.63) is 18.0 Å². The van der Waals surface area contributed by atoms with E-state index < -0.39 is 18.0 Å². The summed E-state index contributed by atoms with van der Waals surface area (Å²) >= 11 is 1.79. The van der Waals surface area contributed by atoms with Crippen LogP contribution in [0.25, 0.3) is 0 Å². The third kappa shape index (κ3) is 3.92. The lowest BCUT2D eigenvalue weighted by atomic mass is 10.2. The number of nitrogens with zero attached hydrogens (tertiary/aromatic N) is 4. The Balaban J connectivity index is 1.70. The van der Waals surface area contributed by atoms with Crippen molar-refractivity contribution < 1.29 is 22.7 Å². The van der Waals surface area contributed by atoms with Crippen molar-refractivity contribution in [3.63, 3.8) is 0 Å². The van der Waals surface area contributed by atoms with Crippen molar-refractivity contribution in [1.29, 1.82) is 0 Å². The summed E-state index contributed by atoms with van der Waals surface area (Å²) in [4.78, 5) is 23.3. The summed E-state index contributed by atoms with van der Waals surface area (Å²) in [5, 5.41) is 0. The standard InChI is InChI=1S/C14H17F3N4O2S/c15-14(16,17)11-1-2-18-13(19-11)21-3-6-23-10(9-21)12(22)20-4-7-24-8-5-20/h1-2,10H,3-9H2. The lowest BCUT2D eigenvalue weighted by Gasteiger charge is -2.36. The molecule has 3 rings (SSSR count). The Morgan fingerprint density at radius 1 is 1.29 bits per heavy atom. The smallest absolute Gasteiger partial charge is 0.365 e. The molecule has 132 valence electrons. The van der Waals surface area contributed by atoms with Crippen LogP contribution < -0.4 is 4.90 Å². The van der Waals surface area contributed by atoms with E-state index in [1.807, 2.05) is 0 Å². The van der Waals surface area contributed by atoms with Crippen molar-refractivity contribution in [2.75, 3.05) is 49.2 Å². The van der Waals surface area contributed by atoms with Crippen LogP contribution in [0.5, 0.6) is 0 Å².